The van der Waals surface area contributed by atoms with Gasteiger partial charge in [-0.15, -0.1) is 11.3 Å². The number of thiophene rings is 1. The lowest BCUT2D eigenvalue weighted by atomic mass is 9.90. The van der Waals surface area contributed by atoms with Gasteiger partial charge in [0.05, 0.1) is 12.1 Å². The van der Waals surface area contributed by atoms with E-state index in [0.717, 1.165) is 11.3 Å². The highest BCUT2D eigenvalue weighted by molar-refractivity contribution is 7.91. The summed E-state index contributed by atoms with van der Waals surface area (Å²) in [6.45, 7) is 1.39. The third-order valence-corrected chi connectivity index (χ3v) is 6.55. The van der Waals surface area contributed by atoms with E-state index in [1.54, 1.807) is 11.4 Å². The Morgan fingerprint density at radius 3 is 2.64 bits per heavy atom. The van der Waals surface area contributed by atoms with Crippen molar-refractivity contribution in [3.8, 4) is 0 Å². The van der Waals surface area contributed by atoms with Crippen LogP contribution in [0.3, 0.4) is 0 Å². The molecule has 25 heavy (non-hydrogen) atoms. The van der Waals surface area contributed by atoms with E-state index in [9.17, 15) is 28.2 Å². The SMILES string of the molecule is CC(NC(=O)C1=CC(NS(=O)(=O)c2cccs2)C(O)C(O)C1)C(N)=O. The average molecular weight is 389 g/mol. The van der Waals surface area contributed by atoms with Gasteiger partial charge >= 0.3 is 0 Å². The average Bonchev–Trinajstić information content (AvgIpc) is 3.06. The van der Waals surface area contributed by atoms with Gasteiger partial charge in [-0.3, -0.25) is 9.59 Å². The molecule has 0 spiro atoms. The number of nitrogens with two attached hydrogens (primary N) is 1. The first-order valence-corrected chi connectivity index (χ1v) is 9.71. The van der Waals surface area contributed by atoms with Crippen LogP contribution in [0.15, 0.2) is 33.4 Å². The zero-order valence-corrected chi connectivity index (χ0v) is 14.9. The van der Waals surface area contributed by atoms with Gasteiger partial charge in [0, 0.05) is 12.0 Å². The summed E-state index contributed by atoms with van der Waals surface area (Å²) in [5.74, 6) is -1.40. The zero-order valence-electron chi connectivity index (χ0n) is 13.2. The summed E-state index contributed by atoms with van der Waals surface area (Å²) in [6, 6.07) is 0.828. The summed E-state index contributed by atoms with van der Waals surface area (Å²) in [7, 11) is -3.91. The van der Waals surface area contributed by atoms with Crippen LogP contribution in [0.1, 0.15) is 13.3 Å². The Balaban J connectivity index is 2.21. The first-order chi connectivity index (χ1) is 11.6. The Morgan fingerprint density at radius 2 is 2.08 bits per heavy atom. The van der Waals surface area contributed by atoms with E-state index in [-0.39, 0.29) is 16.2 Å². The standard InChI is InChI=1S/C14H19N3O6S2/c1-7(13(15)20)16-14(21)8-5-9(12(19)10(18)6-8)17-25(22,23)11-3-2-4-24-11/h2-5,7,9-10,12,17-19H,6H2,1H3,(H2,15,20)(H,16,21). The summed E-state index contributed by atoms with van der Waals surface area (Å²) in [5, 5.41) is 23.9. The Kier molecular flexibility index (Phi) is 5.95. The van der Waals surface area contributed by atoms with Crippen molar-refractivity contribution in [2.75, 3.05) is 0 Å². The molecule has 9 nitrogen and oxygen atoms in total. The van der Waals surface area contributed by atoms with Crippen molar-refractivity contribution in [3.05, 3.63) is 29.2 Å². The van der Waals surface area contributed by atoms with Crippen molar-refractivity contribution >= 4 is 33.2 Å². The number of sulfonamides is 1. The van der Waals surface area contributed by atoms with Crippen molar-refractivity contribution in [2.24, 2.45) is 5.73 Å². The molecule has 1 aromatic rings. The molecule has 1 aliphatic carbocycles. The van der Waals surface area contributed by atoms with Gasteiger partial charge in [-0.1, -0.05) is 12.1 Å². The van der Waals surface area contributed by atoms with Crippen molar-refractivity contribution < 1.29 is 28.2 Å². The number of carbonyl (C=O) groups excluding carboxylic acids is 2. The molecule has 138 valence electrons. The summed E-state index contributed by atoms with van der Waals surface area (Å²) in [5.41, 5.74) is 5.12. The molecule has 0 fully saturated rings. The molecule has 1 heterocycles. The molecule has 4 unspecified atom stereocenters. The Labute approximate surface area is 148 Å². The van der Waals surface area contributed by atoms with Crippen LogP contribution in [-0.4, -0.2) is 54.7 Å². The molecule has 0 aliphatic heterocycles. The van der Waals surface area contributed by atoms with Crippen LogP contribution in [0.5, 0.6) is 0 Å². The molecular weight excluding hydrogens is 370 g/mol. The number of rotatable bonds is 6. The molecule has 2 rings (SSSR count). The molecule has 11 heteroatoms. The van der Waals surface area contributed by atoms with Crippen LogP contribution < -0.4 is 15.8 Å². The Hall–Kier alpha value is -1.79. The largest absolute Gasteiger partial charge is 0.390 e. The van der Waals surface area contributed by atoms with E-state index >= 15 is 0 Å². The van der Waals surface area contributed by atoms with Crippen LogP contribution in [-0.2, 0) is 19.6 Å². The quantitative estimate of drug-likeness (QED) is 0.395. The molecule has 6 N–H and O–H groups in total. The van der Waals surface area contributed by atoms with Crippen LogP contribution in [0.2, 0.25) is 0 Å². The highest BCUT2D eigenvalue weighted by atomic mass is 32.2. The fraction of sp³-hybridized carbons (Fsp3) is 0.429. The number of hydrogen-bond acceptors (Lipinski definition) is 7. The maximum absolute atomic E-state index is 12.3. The summed E-state index contributed by atoms with van der Waals surface area (Å²) in [6.07, 6.45) is -1.72. The molecule has 0 saturated heterocycles. The minimum absolute atomic E-state index is 0.0431. The smallest absolute Gasteiger partial charge is 0.250 e. The second kappa shape index (κ2) is 7.62. The van der Waals surface area contributed by atoms with Crippen molar-refractivity contribution in [1.82, 2.24) is 10.0 Å². The van der Waals surface area contributed by atoms with Gasteiger partial charge in [0.15, 0.2) is 0 Å². The Morgan fingerprint density at radius 1 is 1.40 bits per heavy atom. The predicted molar refractivity (Wildman–Crippen MR) is 89.9 cm³/mol. The van der Waals surface area contributed by atoms with Crippen molar-refractivity contribution in [3.63, 3.8) is 0 Å². The number of primary amides is 1. The van der Waals surface area contributed by atoms with E-state index in [0.29, 0.717) is 0 Å². The van der Waals surface area contributed by atoms with E-state index in [2.05, 4.69) is 10.0 Å². The summed E-state index contributed by atoms with van der Waals surface area (Å²) >= 11 is 0.993. The van der Waals surface area contributed by atoms with Gasteiger partial charge < -0.3 is 21.3 Å². The number of aliphatic hydroxyl groups excluding tert-OH is 2. The zero-order chi connectivity index (χ0) is 18.8. The molecule has 2 amide bonds. The number of carbonyl (C=O) groups is 2. The lowest BCUT2D eigenvalue weighted by Crippen LogP contribution is -2.51. The number of hydrogen-bond donors (Lipinski definition) is 5. The van der Waals surface area contributed by atoms with Gasteiger partial charge in [-0.05, 0) is 18.4 Å². The monoisotopic (exact) mass is 389 g/mol. The van der Waals surface area contributed by atoms with E-state index in [1.807, 2.05) is 0 Å². The highest BCUT2D eigenvalue weighted by Gasteiger charge is 2.35. The number of aliphatic hydroxyl groups is 2. The van der Waals surface area contributed by atoms with Gasteiger partial charge in [-0.25, -0.2) is 13.1 Å². The molecule has 1 aromatic heterocycles. The van der Waals surface area contributed by atoms with Gasteiger partial charge in [0.1, 0.15) is 16.4 Å². The minimum Gasteiger partial charge on any atom is -0.390 e. The highest BCUT2D eigenvalue weighted by Crippen LogP contribution is 2.23. The molecule has 0 aromatic carbocycles. The normalized spacial score (nSPS) is 25.1. The fourth-order valence-electron chi connectivity index (χ4n) is 2.25. The Bertz CT molecular complexity index is 774. The first-order valence-electron chi connectivity index (χ1n) is 7.34. The molecule has 0 bridgehead atoms. The minimum atomic E-state index is -3.91. The predicted octanol–water partition coefficient (Wildman–Crippen LogP) is -1.56. The molecule has 4 atom stereocenters. The van der Waals surface area contributed by atoms with Gasteiger partial charge in [0.2, 0.25) is 11.8 Å². The summed E-state index contributed by atoms with van der Waals surface area (Å²) < 4.78 is 26.9. The van der Waals surface area contributed by atoms with E-state index < -0.39 is 46.1 Å². The van der Waals surface area contributed by atoms with Crippen LogP contribution in [0.4, 0.5) is 0 Å². The molecule has 0 radical (unpaired) electrons. The molecular formula is C14H19N3O6S2. The fourth-order valence-corrected chi connectivity index (χ4v) is 4.46. The van der Waals surface area contributed by atoms with Crippen molar-refractivity contribution in [2.45, 2.75) is 41.8 Å². The van der Waals surface area contributed by atoms with Crippen molar-refractivity contribution in [1.29, 1.82) is 0 Å². The maximum Gasteiger partial charge on any atom is 0.250 e. The molecule has 1 aliphatic rings. The van der Waals surface area contributed by atoms with Gasteiger partial charge in [-0.2, -0.15) is 0 Å². The third kappa shape index (κ3) is 4.64. The maximum atomic E-state index is 12.3. The molecule has 0 saturated carbocycles. The summed E-state index contributed by atoms with van der Waals surface area (Å²) in [4.78, 5) is 23.2. The first kappa shape index (κ1) is 19.5. The topological polar surface area (TPSA) is 159 Å². The van der Waals surface area contributed by atoms with Crippen LogP contribution in [0.25, 0.3) is 0 Å². The number of nitrogens with one attached hydrogen (secondary N) is 2. The lowest BCUT2D eigenvalue weighted by Gasteiger charge is -2.31. The second-order valence-electron chi connectivity index (χ2n) is 5.63. The van der Waals surface area contributed by atoms with E-state index in [4.69, 9.17) is 5.73 Å². The van der Waals surface area contributed by atoms with Crippen LogP contribution in [0, 0.1) is 0 Å². The van der Waals surface area contributed by atoms with Crippen LogP contribution >= 0.6 is 11.3 Å². The number of amides is 2. The van der Waals surface area contributed by atoms with E-state index in [1.165, 1.54) is 19.1 Å². The second-order valence-corrected chi connectivity index (χ2v) is 8.52. The third-order valence-electron chi connectivity index (χ3n) is 3.69. The lowest BCUT2D eigenvalue weighted by molar-refractivity contribution is -0.125. The van der Waals surface area contributed by atoms with Gasteiger partial charge in [0.25, 0.3) is 10.0 Å².